The molecule has 1 saturated carbocycles. The van der Waals surface area contributed by atoms with Crippen LogP contribution in [0, 0.1) is 6.92 Å². The standard InChI is InChI=1S/C18H30N4/c1-14-18(20-11-10-19-14)15(2)21-16-7-6-12-22(13-16)17-8-4-3-5-9-17/h10-11,15-17,21H,3-9,12-13H2,1-2H3/t15-,16-/m1/s1. The van der Waals surface area contributed by atoms with E-state index in [1.165, 1.54) is 58.0 Å². The Kier molecular flexibility index (Phi) is 5.42. The number of rotatable bonds is 4. The van der Waals surface area contributed by atoms with E-state index in [1.54, 1.807) is 12.4 Å². The molecule has 3 rings (SSSR count). The second kappa shape index (κ2) is 7.51. The molecule has 2 atom stereocenters. The van der Waals surface area contributed by atoms with Crippen LogP contribution in [0.2, 0.25) is 0 Å². The molecule has 4 nitrogen and oxygen atoms in total. The average molecular weight is 302 g/mol. The molecule has 4 heteroatoms. The molecule has 22 heavy (non-hydrogen) atoms. The van der Waals surface area contributed by atoms with E-state index in [4.69, 9.17) is 0 Å². The molecule has 0 radical (unpaired) electrons. The van der Waals surface area contributed by atoms with Crippen LogP contribution in [-0.4, -0.2) is 40.0 Å². The van der Waals surface area contributed by atoms with Crippen molar-refractivity contribution in [2.75, 3.05) is 13.1 Å². The average Bonchev–Trinajstić information content (AvgIpc) is 2.56. The van der Waals surface area contributed by atoms with Gasteiger partial charge >= 0.3 is 0 Å². The van der Waals surface area contributed by atoms with Gasteiger partial charge < -0.3 is 5.32 Å². The zero-order valence-corrected chi connectivity index (χ0v) is 14.1. The van der Waals surface area contributed by atoms with Gasteiger partial charge in [-0.05, 0) is 46.1 Å². The first-order valence-electron chi connectivity index (χ1n) is 9.01. The third-order valence-electron chi connectivity index (χ3n) is 5.36. The summed E-state index contributed by atoms with van der Waals surface area (Å²) in [5.41, 5.74) is 2.14. The Hall–Kier alpha value is -1.00. The van der Waals surface area contributed by atoms with E-state index in [1.807, 2.05) is 0 Å². The van der Waals surface area contributed by atoms with Crippen LogP contribution >= 0.6 is 0 Å². The zero-order valence-electron chi connectivity index (χ0n) is 14.1. The van der Waals surface area contributed by atoms with Gasteiger partial charge in [-0.1, -0.05) is 19.3 Å². The number of aryl methyl sites for hydroxylation is 1. The second-order valence-corrected chi connectivity index (χ2v) is 7.04. The van der Waals surface area contributed by atoms with E-state index < -0.39 is 0 Å². The highest BCUT2D eigenvalue weighted by atomic mass is 15.2. The number of nitrogens with one attached hydrogen (secondary N) is 1. The quantitative estimate of drug-likeness (QED) is 0.927. The van der Waals surface area contributed by atoms with Gasteiger partial charge in [-0.25, -0.2) is 0 Å². The molecule has 1 aromatic rings. The van der Waals surface area contributed by atoms with Gasteiger partial charge in [0.05, 0.1) is 11.4 Å². The maximum Gasteiger partial charge on any atom is 0.0782 e. The van der Waals surface area contributed by atoms with Crippen LogP contribution in [0.25, 0.3) is 0 Å². The fraction of sp³-hybridized carbons (Fsp3) is 0.778. The number of hydrogen-bond acceptors (Lipinski definition) is 4. The minimum atomic E-state index is 0.282. The van der Waals surface area contributed by atoms with Crippen LogP contribution in [0.3, 0.4) is 0 Å². The van der Waals surface area contributed by atoms with Crippen molar-refractivity contribution in [1.29, 1.82) is 0 Å². The van der Waals surface area contributed by atoms with Crippen molar-refractivity contribution in [2.24, 2.45) is 0 Å². The summed E-state index contributed by atoms with van der Waals surface area (Å²) in [6.07, 6.45) is 13.3. The number of aromatic nitrogens is 2. The topological polar surface area (TPSA) is 41.1 Å². The minimum Gasteiger partial charge on any atom is -0.305 e. The first-order chi connectivity index (χ1) is 10.7. The van der Waals surface area contributed by atoms with Crippen molar-refractivity contribution in [2.45, 2.75) is 76.9 Å². The maximum absolute atomic E-state index is 4.51. The molecule has 2 aliphatic rings. The molecule has 122 valence electrons. The summed E-state index contributed by atoms with van der Waals surface area (Å²) in [5.74, 6) is 0. The SMILES string of the molecule is Cc1nccnc1[C@@H](C)N[C@@H]1CCCN(C2CCCCC2)C1. The first-order valence-corrected chi connectivity index (χ1v) is 9.01. The summed E-state index contributed by atoms with van der Waals surface area (Å²) in [5, 5.41) is 3.80. The molecule has 1 aromatic heterocycles. The molecule has 2 heterocycles. The molecule has 0 amide bonds. The fourth-order valence-electron chi connectivity index (χ4n) is 4.20. The Morgan fingerprint density at radius 1 is 1.09 bits per heavy atom. The van der Waals surface area contributed by atoms with E-state index in [9.17, 15) is 0 Å². The second-order valence-electron chi connectivity index (χ2n) is 7.04. The smallest absolute Gasteiger partial charge is 0.0782 e. The fourth-order valence-corrected chi connectivity index (χ4v) is 4.20. The zero-order chi connectivity index (χ0) is 15.4. The lowest BCUT2D eigenvalue weighted by Gasteiger charge is -2.41. The van der Waals surface area contributed by atoms with Crippen LogP contribution in [0.5, 0.6) is 0 Å². The molecule has 2 fully saturated rings. The van der Waals surface area contributed by atoms with Gasteiger partial charge in [0.1, 0.15) is 0 Å². The van der Waals surface area contributed by atoms with Gasteiger partial charge in [-0.2, -0.15) is 0 Å². The highest BCUT2D eigenvalue weighted by Gasteiger charge is 2.27. The lowest BCUT2D eigenvalue weighted by Crippen LogP contribution is -2.50. The number of likely N-dealkylation sites (tertiary alicyclic amines) is 1. The van der Waals surface area contributed by atoms with Crippen molar-refractivity contribution in [1.82, 2.24) is 20.2 Å². The third kappa shape index (κ3) is 3.85. The van der Waals surface area contributed by atoms with Crippen LogP contribution in [0.1, 0.15) is 69.3 Å². The largest absolute Gasteiger partial charge is 0.305 e. The van der Waals surface area contributed by atoms with Gasteiger partial charge in [0.25, 0.3) is 0 Å². The van der Waals surface area contributed by atoms with E-state index in [2.05, 4.69) is 34.0 Å². The lowest BCUT2D eigenvalue weighted by molar-refractivity contribution is 0.107. The molecule has 1 saturated heterocycles. The molecule has 1 N–H and O–H groups in total. The number of hydrogen-bond donors (Lipinski definition) is 1. The van der Waals surface area contributed by atoms with E-state index in [0.717, 1.165) is 17.4 Å². The minimum absolute atomic E-state index is 0.282. The van der Waals surface area contributed by atoms with Crippen molar-refractivity contribution in [3.05, 3.63) is 23.8 Å². The molecular weight excluding hydrogens is 272 g/mol. The van der Waals surface area contributed by atoms with Crippen molar-refractivity contribution in [3.8, 4) is 0 Å². The van der Waals surface area contributed by atoms with Gasteiger partial charge in [0.15, 0.2) is 0 Å². The number of nitrogens with zero attached hydrogens (tertiary/aromatic N) is 3. The predicted molar refractivity (Wildman–Crippen MR) is 89.8 cm³/mol. The predicted octanol–water partition coefficient (Wildman–Crippen LogP) is 3.23. The molecule has 1 aliphatic carbocycles. The summed E-state index contributed by atoms with van der Waals surface area (Å²) >= 11 is 0. The maximum atomic E-state index is 4.51. The third-order valence-corrected chi connectivity index (χ3v) is 5.36. The van der Waals surface area contributed by atoms with E-state index in [0.29, 0.717) is 6.04 Å². The van der Waals surface area contributed by atoms with Crippen LogP contribution < -0.4 is 5.32 Å². The Labute approximate surface area is 134 Å². The number of piperidine rings is 1. The van der Waals surface area contributed by atoms with Crippen molar-refractivity contribution in [3.63, 3.8) is 0 Å². The van der Waals surface area contributed by atoms with Crippen LogP contribution in [-0.2, 0) is 0 Å². The van der Waals surface area contributed by atoms with Crippen molar-refractivity contribution < 1.29 is 0 Å². The van der Waals surface area contributed by atoms with Gasteiger partial charge in [0.2, 0.25) is 0 Å². The summed E-state index contributed by atoms with van der Waals surface area (Å²) in [7, 11) is 0. The Morgan fingerprint density at radius 2 is 1.86 bits per heavy atom. The molecule has 0 unspecified atom stereocenters. The van der Waals surface area contributed by atoms with Crippen molar-refractivity contribution >= 4 is 0 Å². The van der Waals surface area contributed by atoms with Crippen LogP contribution in [0.15, 0.2) is 12.4 Å². The Balaban J connectivity index is 1.57. The summed E-state index contributed by atoms with van der Waals surface area (Å²) in [6, 6.07) is 1.71. The normalized spacial score (nSPS) is 26.0. The summed E-state index contributed by atoms with van der Waals surface area (Å²) in [6.45, 7) is 6.77. The van der Waals surface area contributed by atoms with Gasteiger partial charge in [-0.3, -0.25) is 14.9 Å². The molecule has 0 spiro atoms. The Morgan fingerprint density at radius 3 is 2.64 bits per heavy atom. The monoisotopic (exact) mass is 302 g/mol. The van der Waals surface area contributed by atoms with E-state index in [-0.39, 0.29) is 6.04 Å². The molecular formula is C18H30N4. The summed E-state index contributed by atoms with van der Waals surface area (Å²) < 4.78 is 0. The van der Waals surface area contributed by atoms with Gasteiger partial charge in [0, 0.05) is 37.1 Å². The highest BCUT2D eigenvalue weighted by Crippen LogP contribution is 2.26. The first kappa shape index (κ1) is 15.9. The van der Waals surface area contributed by atoms with Gasteiger partial charge in [-0.15, -0.1) is 0 Å². The molecule has 1 aliphatic heterocycles. The highest BCUT2D eigenvalue weighted by molar-refractivity contribution is 5.12. The molecule has 0 bridgehead atoms. The van der Waals surface area contributed by atoms with Crippen LogP contribution in [0.4, 0.5) is 0 Å². The lowest BCUT2D eigenvalue weighted by atomic mass is 9.92. The summed E-state index contributed by atoms with van der Waals surface area (Å²) in [4.78, 5) is 11.6. The Bertz CT molecular complexity index is 470. The molecule has 0 aromatic carbocycles. The van der Waals surface area contributed by atoms with E-state index >= 15 is 0 Å².